The molecule has 11 heteroatoms. The van der Waals surface area contributed by atoms with Crippen LogP contribution < -0.4 is 10.2 Å². The van der Waals surface area contributed by atoms with E-state index < -0.39 is 29.2 Å². The number of anilines is 2. The molecule has 1 aliphatic heterocycles. The van der Waals surface area contributed by atoms with E-state index in [9.17, 15) is 34.1 Å². The van der Waals surface area contributed by atoms with E-state index in [1.165, 1.54) is 59.5 Å². The molecular formula is C31H25N3O8. The van der Waals surface area contributed by atoms with Crippen LogP contribution in [0.4, 0.5) is 17.1 Å². The summed E-state index contributed by atoms with van der Waals surface area (Å²) in [6.45, 7) is 1.40. The minimum absolute atomic E-state index is 0.142. The second-order valence-electron chi connectivity index (χ2n) is 10.1. The first-order valence-electron chi connectivity index (χ1n) is 13.1. The van der Waals surface area contributed by atoms with Gasteiger partial charge in [0.15, 0.2) is 12.4 Å². The second kappa shape index (κ2) is 11.6. The molecule has 1 aliphatic carbocycles. The molecule has 42 heavy (non-hydrogen) atoms. The van der Waals surface area contributed by atoms with E-state index in [1.807, 2.05) is 13.0 Å². The van der Waals surface area contributed by atoms with Gasteiger partial charge in [-0.2, -0.15) is 0 Å². The van der Waals surface area contributed by atoms with Gasteiger partial charge in [0.2, 0.25) is 11.8 Å². The molecule has 1 fully saturated rings. The van der Waals surface area contributed by atoms with Crippen molar-refractivity contribution >= 4 is 46.5 Å². The number of hydrogen-bond donors (Lipinski definition) is 1. The van der Waals surface area contributed by atoms with Crippen molar-refractivity contribution in [2.75, 3.05) is 16.8 Å². The third kappa shape index (κ3) is 5.71. The molecule has 0 spiro atoms. The Labute approximate surface area is 239 Å². The maximum atomic E-state index is 13.0. The van der Waals surface area contributed by atoms with Crippen molar-refractivity contribution < 1.29 is 33.6 Å². The highest BCUT2D eigenvalue weighted by molar-refractivity contribution is 6.22. The average molecular weight is 568 g/mol. The number of hydrogen-bond acceptors (Lipinski definition) is 8. The highest BCUT2D eigenvalue weighted by Gasteiger charge is 2.48. The Morgan fingerprint density at radius 2 is 1.60 bits per heavy atom. The zero-order chi connectivity index (χ0) is 30.0. The highest BCUT2D eigenvalue weighted by Crippen LogP contribution is 2.39. The lowest BCUT2D eigenvalue weighted by atomic mass is 9.82. The summed E-state index contributed by atoms with van der Waals surface area (Å²) in [6, 6.07) is 17.1. The Morgan fingerprint density at radius 3 is 2.29 bits per heavy atom. The topological polar surface area (TPSA) is 153 Å². The van der Waals surface area contributed by atoms with Crippen molar-refractivity contribution in [2.24, 2.45) is 11.8 Å². The molecule has 1 saturated heterocycles. The maximum Gasteiger partial charge on any atom is 0.338 e. The third-order valence-corrected chi connectivity index (χ3v) is 7.30. The number of nitro groups is 1. The summed E-state index contributed by atoms with van der Waals surface area (Å²) < 4.78 is 5.06. The Hall–Kier alpha value is -5.45. The Morgan fingerprint density at radius 1 is 0.929 bits per heavy atom. The fourth-order valence-corrected chi connectivity index (χ4v) is 5.04. The van der Waals surface area contributed by atoms with Gasteiger partial charge in [0, 0.05) is 28.9 Å². The number of allylic oxidation sites excluding steroid dienone is 2. The molecule has 2 atom stereocenters. The van der Waals surface area contributed by atoms with Gasteiger partial charge in [0.25, 0.3) is 11.6 Å². The van der Waals surface area contributed by atoms with E-state index in [-0.39, 0.29) is 46.0 Å². The van der Waals surface area contributed by atoms with Crippen molar-refractivity contribution in [3.63, 3.8) is 0 Å². The standard InChI is InChI=1S/C31H25N3O8/c1-18-5-14-25-26(15-18)30(38)33(29(25)37)24-4-2-3-21(16-24)28(36)32-22-10-6-20(7-11-22)31(39)42-17-27(35)19-8-12-23(13-9-19)34(40)41/h2-13,16,25-26H,14-15,17H2,1H3,(H,32,36)/t25-,26+/m0/s1. The van der Waals surface area contributed by atoms with Crippen molar-refractivity contribution in [3.8, 4) is 0 Å². The number of fused-ring (bicyclic) bond motifs is 1. The molecule has 5 rings (SSSR count). The maximum absolute atomic E-state index is 13.0. The monoisotopic (exact) mass is 567 g/mol. The Bertz CT molecular complexity index is 1640. The second-order valence-corrected chi connectivity index (χ2v) is 10.1. The predicted octanol–water partition coefficient (Wildman–Crippen LogP) is 4.73. The average Bonchev–Trinajstić information content (AvgIpc) is 3.24. The number of non-ortho nitro benzene ring substituents is 1. The van der Waals surface area contributed by atoms with Gasteiger partial charge in [-0.05, 0) is 74.4 Å². The van der Waals surface area contributed by atoms with Crippen LogP contribution in [0.25, 0.3) is 0 Å². The van der Waals surface area contributed by atoms with E-state index in [0.29, 0.717) is 24.2 Å². The quantitative estimate of drug-likeness (QED) is 0.102. The molecular weight excluding hydrogens is 542 g/mol. The number of nitrogens with zero attached hydrogens (tertiary/aromatic N) is 2. The molecule has 0 bridgehead atoms. The zero-order valence-corrected chi connectivity index (χ0v) is 22.4. The molecule has 11 nitrogen and oxygen atoms in total. The molecule has 2 aliphatic rings. The Kier molecular flexibility index (Phi) is 7.74. The number of carbonyl (C=O) groups is 5. The van der Waals surface area contributed by atoms with Crippen LogP contribution in [0.2, 0.25) is 0 Å². The number of esters is 1. The summed E-state index contributed by atoms with van der Waals surface area (Å²) in [6.07, 6.45) is 3.06. The smallest absolute Gasteiger partial charge is 0.338 e. The van der Waals surface area contributed by atoms with Crippen LogP contribution in [0.15, 0.2) is 84.4 Å². The van der Waals surface area contributed by atoms with Crippen LogP contribution in [0.1, 0.15) is 50.8 Å². The van der Waals surface area contributed by atoms with Crippen LogP contribution in [-0.4, -0.2) is 41.0 Å². The number of ether oxygens (including phenoxy) is 1. The molecule has 0 radical (unpaired) electrons. The van der Waals surface area contributed by atoms with Gasteiger partial charge in [-0.25, -0.2) is 4.79 Å². The van der Waals surface area contributed by atoms with E-state index in [1.54, 1.807) is 18.2 Å². The summed E-state index contributed by atoms with van der Waals surface area (Å²) in [5.74, 6) is -3.05. The number of Topliss-reactive ketones (excluding diaryl/α,β-unsaturated/α-hetero) is 1. The first kappa shape index (κ1) is 28.1. The number of nitrogens with one attached hydrogen (secondary N) is 1. The van der Waals surface area contributed by atoms with Gasteiger partial charge < -0.3 is 10.1 Å². The lowest BCUT2D eigenvalue weighted by Gasteiger charge is -2.18. The fourth-order valence-electron chi connectivity index (χ4n) is 5.04. The number of nitro benzene ring substituents is 1. The SMILES string of the molecule is CC1=CC[C@@H]2C(=O)N(c3cccc(C(=O)Nc4ccc(C(=O)OCC(=O)c5ccc([N+](=O)[O-])cc5)cc4)c3)C(=O)[C@@H]2C1. The Balaban J connectivity index is 1.18. The van der Waals surface area contributed by atoms with Crippen LogP contribution in [0.3, 0.4) is 0 Å². The van der Waals surface area contributed by atoms with Gasteiger partial charge in [0.1, 0.15) is 0 Å². The molecule has 1 heterocycles. The first-order valence-corrected chi connectivity index (χ1v) is 13.1. The van der Waals surface area contributed by atoms with Crippen LogP contribution in [0, 0.1) is 22.0 Å². The number of benzene rings is 3. The molecule has 3 amide bonds. The minimum atomic E-state index is -0.762. The van der Waals surface area contributed by atoms with Crippen molar-refractivity contribution in [1.82, 2.24) is 0 Å². The highest BCUT2D eigenvalue weighted by atomic mass is 16.6. The van der Waals surface area contributed by atoms with E-state index >= 15 is 0 Å². The van der Waals surface area contributed by atoms with Crippen LogP contribution in [0.5, 0.6) is 0 Å². The van der Waals surface area contributed by atoms with Crippen molar-refractivity contribution in [1.29, 1.82) is 0 Å². The summed E-state index contributed by atoms with van der Waals surface area (Å²) in [4.78, 5) is 75.0. The number of amides is 3. The lowest BCUT2D eigenvalue weighted by Crippen LogP contribution is -2.31. The number of imide groups is 1. The summed E-state index contributed by atoms with van der Waals surface area (Å²) in [5.41, 5.74) is 2.19. The zero-order valence-electron chi connectivity index (χ0n) is 22.4. The first-order chi connectivity index (χ1) is 20.1. The summed E-state index contributed by atoms with van der Waals surface area (Å²) >= 11 is 0. The minimum Gasteiger partial charge on any atom is -0.454 e. The van der Waals surface area contributed by atoms with E-state index in [2.05, 4.69) is 5.32 Å². The normalized spacial score (nSPS) is 17.7. The van der Waals surface area contributed by atoms with E-state index in [4.69, 9.17) is 4.74 Å². The number of rotatable bonds is 8. The lowest BCUT2D eigenvalue weighted by molar-refractivity contribution is -0.384. The van der Waals surface area contributed by atoms with Crippen molar-refractivity contribution in [2.45, 2.75) is 19.8 Å². The van der Waals surface area contributed by atoms with Gasteiger partial charge in [-0.3, -0.25) is 34.2 Å². The number of carbonyl (C=O) groups excluding carboxylic acids is 5. The fraction of sp³-hybridized carbons (Fsp3) is 0.194. The van der Waals surface area contributed by atoms with Crippen LogP contribution >= 0.6 is 0 Å². The number of ketones is 1. The summed E-state index contributed by atoms with van der Waals surface area (Å²) in [5, 5.41) is 13.5. The van der Waals surface area contributed by atoms with Crippen LogP contribution in [-0.2, 0) is 14.3 Å². The van der Waals surface area contributed by atoms with Crippen molar-refractivity contribution in [3.05, 3.63) is 111 Å². The molecule has 212 valence electrons. The summed E-state index contributed by atoms with van der Waals surface area (Å²) in [7, 11) is 0. The predicted molar refractivity (Wildman–Crippen MR) is 151 cm³/mol. The van der Waals surface area contributed by atoms with Gasteiger partial charge in [-0.15, -0.1) is 0 Å². The molecule has 3 aromatic carbocycles. The van der Waals surface area contributed by atoms with Gasteiger partial charge >= 0.3 is 5.97 Å². The largest absolute Gasteiger partial charge is 0.454 e. The van der Waals surface area contributed by atoms with E-state index in [0.717, 1.165) is 5.57 Å². The molecule has 1 N–H and O–H groups in total. The molecule has 0 saturated carbocycles. The van der Waals surface area contributed by atoms with Gasteiger partial charge in [-0.1, -0.05) is 17.7 Å². The molecule has 0 unspecified atom stereocenters. The molecule has 0 aromatic heterocycles. The molecule has 3 aromatic rings. The van der Waals surface area contributed by atoms with Gasteiger partial charge in [0.05, 0.1) is 28.0 Å². The third-order valence-electron chi connectivity index (χ3n) is 7.30.